The Bertz CT molecular complexity index is 1050. The zero-order chi connectivity index (χ0) is 24.4. The van der Waals surface area contributed by atoms with Crippen molar-refractivity contribution < 1.29 is 49.7 Å². The predicted octanol–water partition coefficient (Wildman–Crippen LogP) is 5.48. The van der Waals surface area contributed by atoms with Gasteiger partial charge in [0.15, 0.2) is 23.0 Å². The van der Waals surface area contributed by atoms with E-state index in [9.17, 15) is 30.7 Å². The molecule has 0 amide bonds. The van der Waals surface area contributed by atoms with Gasteiger partial charge in [-0.05, 0) is 45.8 Å². The quantitative estimate of drug-likeness (QED) is 0.206. The van der Waals surface area contributed by atoms with Crippen molar-refractivity contribution in [2.45, 2.75) is 24.8 Å². The number of hydrogen-bond donors (Lipinski definition) is 1. The zero-order valence-electron chi connectivity index (χ0n) is 16.5. The van der Waals surface area contributed by atoms with Crippen molar-refractivity contribution in [1.29, 1.82) is 0 Å². The number of methoxy groups -OCH3 is 1. The summed E-state index contributed by atoms with van der Waals surface area (Å²) in [4.78, 5) is 0. The van der Waals surface area contributed by atoms with Gasteiger partial charge in [-0.3, -0.25) is 0 Å². The molecule has 0 aromatic heterocycles. The smallest absolute Gasteiger partial charge is 0.462 e. The predicted molar refractivity (Wildman–Crippen MR) is 104 cm³/mol. The molecule has 0 fully saturated rings. The van der Waals surface area contributed by atoms with Crippen molar-refractivity contribution in [2.24, 2.45) is 5.10 Å². The Morgan fingerprint density at radius 2 is 1.73 bits per heavy atom. The van der Waals surface area contributed by atoms with E-state index in [1.54, 1.807) is 18.2 Å². The van der Waals surface area contributed by atoms with Gasteiger partial charge in [0, 0.05) is 10.0 Å². The summed E-state index contributed by atoms with van der Waals surface area (Å²) < 4.78 is 110. The SMILES string of the molecule is COc1cc(/C=N/NC(F)(F)C(F)(F)C(F)(F)F)c(Br)cc1OCc1ccc2c(c1)OCO2. The van der Waals surface area contributed by atoms with Gasteiger partial charge >= 0.3 is 18.1 Å². The molecule has 0 saturated heterocycles. The molecule has 0 spiro atoms. The second-order valence-electron chi connectivity index (χ2n) is 6.52. The minimum Gasteiger partial charge on any atom is -0.493 e. The first-order chi connectivity index (χ1) is 15.4. The lowest BCUT2D eigenvalue weighted by molar-refractivity contribution is -0.361. The number of halogens is 8. The number of ether oxygens (including phenoxy) is 4. The van der Waals surface area contributed by atoms with Crippen LogP contribution < -0.4 is 24.4 Å². The van der Waals surface area contributed by atoms with Crippen LogP contribution in [0.3, 0.4) is 0 Å². The minimum absolute atomic E-state index is 0.0286. The van der Waals surface area contributed by atoms with Crippen LogP contribution in [0.2, 0.25) is 0 Å². The molecule has 180 valence electrons. The molecule has 1 N–H and O–H groups in total. The van der Waals surface area contributed by atoms with Crippen molar-refractivity contribution >= 4 is 22.1 Å². The van der Waals surface area contributed by atoms with E-state index in [1.807, 2.05) is 0 Å². The maximum absolute atomic E-state index is 13.3. The molecule has 0 radical (unpaired) electrons. The Hall–Kier alpha value is -2.90. The topological polar surface area (TPSA) is 61.3 Å². The molecular formula is C19H14BrF7N2O4. The zero-order valence-corrected chi connectivity index (χ0v) is 18.1. The van der Waals surface area contributed by atoms with Crippen molar-refractivity contribution in [2.75, 3.05) is 13.9 Å². The second kappa shape index (κ2) is 9.15. The van der Waals surface area contributed by atoms with E-state index in [-0.39, 0.29) is 34.9 Å². The van der Waals surface area contributed by atoms with Crippen LogP contribution in [0, 0.1) is 0 Å². The average molecular weight is 547 g/mol. The molecule has 1 heterocycles. The molecule has 6 nitrogen and oxygen atoms in total. The molecule has 1 aliphatic heterocycles. The van der Waals surface area contributed by atoms with Gasteiger partial charge in [-0.15, -0.1) is 0 Å². The van der Waals surface area contributed by atoms with Gasteiger partial charge in [-0.25, -0.2) is 5.43 Å². The lowest BCUT2D eigenvalue weighted by atomic mass is 10.2. The molecule has 0 bridgehead atoms. The van der Waals surface area contributed by atoms with Crippen LogP contribution in [0.5, 0.6) is 23.0 Å². The Morgan fingerprint density at radius 3 is 2.39 bits per heavy atom. The van der Waals surface area contributed by atoms with Crippen LogP contribution in [0.15, 0.2) is 39.9 Å². The Balaban J connectivity index is 1.72. The molecule has 0 unspecified atom stereocenters. The summed E-state index contributed by atoms with van der Waals surface area (Å²) in [5.74, 6) is -4.85. The third-order valence-electron chi connectivity index (χ3n) is 4.27. The number of nitrogens with one attached hydrogen (secondary N) is 1. The number of hydrazone groups is 1. The van der Waals surface area contributed by atoms with Gasteiger partial charge in [0.25, 0.3) is 0 Å². The number of fused-ring (bicyclic) bond motifs is 1. The average Bonchev–Trinajstić information content (AvgIpc) is 3.20. The first-order valence-corrected chi connectivity index (χ1v) is 9.66. The summed E-state index contributed by atoms with van der Waals surface area (Å²) in [6.07, 6.45) is -5.85. The first kappa shape index (κ1) is 24.7. The van der Waals surface area contributed by atoms with E-state index >= 15 is 0 Å². The summed E-state index contributed by atoms with van der Waals surface area (Å²) in [7, 11) is 1.29. The largest absolute Gasteiger partial charge is 0.493 e. The van der Waals surface area contributed by atoms with Crippen LogP contribution in [0.25, 0.3) is 0 Å². The highest BCUT2D eigenvalue weighted by Crippen LogP contribution is 2.45. The lowest BCUT2D eigenvalue weighted by Gasteiger charge is -2.27. The summed E-state index contributed by atoms with van der Waals surface area (Å²) >= 11 is 3.12. The molecule has 0 saturated carbocycles. The van der Waals surface area contributed by atoms with Crippen LogP contribution in [0.4, 0.5) is 30.7 Å². The van der Waals surface area contributed by atoms with Crippen molar-refractivity contribution in [3.8, 4) is 23.0 Å². The van der Waals surface area contributed by atoms with Gasteiger partial charge in [0.2, 0.25) is 6.79 Å². The first-order valence-electron chi connectivity index (χ1n) is 8.87. The van der Waals surface area contributed by atoms with E-state index in [0.29, 0.717) is 23.1 Å². The summed E-state index contributed by atoms with van der Waals surface area (Å²) in [6, 6.07) is 2.14. The van der Waals surface area contributed by atoms with E-state index in [4.69, 9.17) is 18.9 Å². The van der Waals surface area contributed by atoms with Crippen molar-refractivity contribution in [3.05, 3.63) is 45.9 Å². The van der Waals surface area contributed by atoms with Gasteiger partial charge < -0.3 is 18.9 Å². The van der Waals surface area contributed by atoms with Gasteiger partial charge in [0.05, 0.1) is 13.3 Å². The van der Waals surface area contributed by atoms with Crippen molar-refractivity contribution in [3.63, 3.8) is 0 Å². The number of nitrogens with zero attached hydrogens (tertiary/aromatic N) is 1. The maximum atomic E-state index is 13.3. The van der Waals surface area contributed by atoms with Crippen LogP contribution in [-0.4, -0.2) is 38.3 Å². The van der Waals surface area contributed by atoms with Gasteiger partial charge in [-0.2, -0.15) is 35.8 Å². The van der Waals surface area contributed by atoms with Gasteiger partial charge in [0.1, 0.15) is 6.61 Å². The number of alkyl halides is 7. The third-order valence-corrected chi connectivity index (χ3v) is 4.96. The summed E-state index contributed by atoms with van der Waals surface area (Å²) in [5, 5.41) is 2.83. The fraction of sp³-hybridized carbons (Fsp3) is 0.316. The van der Waals surface area contributed by atoms with Gasteiger partial charge in [-0.1, -0.05) is 6.07 Å². The summed E-state index contributed by atoms with van der Waals surface area (Å²) in [5.41, 5.74) is 1.32. The number of benzene rings is 2. The highest BCUT2D eigenvalue weighted by atomic mass is 79.9. The molecule has 0 atom stereocenters. The van der Waals surface area contributed by atoms with E-state index in [2.05, 4.69) is 21.0 Å². The number of hydrogen-bond acceptors (Lipinski definition) is 6. The molecule has 0 aliphatic carbocycles. The van der Waals surface area contributed by atoms with Crippen LogP contribution in [0.1, 0.15) is 11.1 Å². The molecular weight excluding hydrogens is 533 g/mol. The fourth-order valence-electron chi connectivity index (χ4n) is 2.55. The minimum atomic E-state index is -6.47. The molecule has 14 heteroatoms. The standard InChI is InChI=1S/C19H14BrF7N2O4/c1-30-14-5-11(7-28-29-19(26,27)17(21,22)18(23,24)25)12(20)6-16(14)31-8-10-2-3-13-15(4-10)33-9-32-13/h2-7,29H,8-9H2,1H3/b28-7+. The normalized spacial score (nSPS) is 14.0. The lowest BCUT2D eigenvalue weighted by Crippen LogP contribution is -2.58. The van der Waals surface area contributed by atoms with E-state index < -0.39 is 18.1 Å². The monoisotopic (exact) mass is 546 g/mol. The second-order valence-corrected chi connectivity index (χ2v) is 7.37. The Labute approximate surface area is 190 Å². The van der Waals surface area contributed by atoms with Crippen LogP contribution >= 0.6 is 15.9 Å². The summed E-state index contributed by atoms with van der Waals surface area (Å²) in [6.45, 7) is 0.200. The highest BCUT2D eigenvalue weighted by Gasteiger charge is 2.73. The molecule has 1 aliphatic rings. The number of rotatable bonds is 8. The Morgan fingerprint density at radius 1 is 1.03 bits per heavy atom. The molecule has 2 aromatic rings. The van der Waals surface area contributed by atoms with E-state index in [1.165, 1.54) is 19.2 Å². The maximum Gasteiger partial charge on any atom is 0.462 e. The van der Waals surface area contributed by atoms with E-state index in [0.717, 1.165) is 5.56 Å². The molecule has 2 aromatic carbocycles. The fourth-order valence-corrected chi connectivity index (χ4v) is 2.97. The molecule has 33 heavy (non-hydrogen) atoms. The third kappa shape index (κ3) is 5.20. The van der Waals surface area contributed by atoms with Crippen LogP contribution in [-0.2, 0) is 6.61 Å². The Kier molecular flexibility index (Phi) is 6.86. The molecule has 3 rings (SSSR count). The highest BCUT2D eigenvalue weighted by molar-refractivity contribution is 9.10. The van der Waals surface area contributed by atoms with Crippen molar-refractivity contribution in [1.82, 2.24) is 5.43 Å².